The lowest BCUT2D eigenvalue weighted by Crippen LogP contribution is -2.25. The molecule has 12 heteroatoms. The molecule has 0 aliphatic heterocycles. The van der Waals surface area contributed by atoms with E-state index in [4.69, 9.17) is 37.8 Å². The van der Waals surface area contributed by atoms with Gasteiger partial charge in [-0.05, 0) is 26.0 Å². The highest BCUT2D eigenvalue weighted by molar-refractivity contribution is 7.92. The first kappa shape index (κ1) is 23.0. The Morgan fingerprint density at radius 1 is 1.28 bits per heavy atom. The number of benzene rings is 1. The van der Waals surface area contributed by atoms with E-state index < -0.39 is 22.1 Å². The van der Waals surface area contributed by atoms with Gasteiger partial charge >= 0.3 is 5.97 Å². The van der Waals surface area contributed by atoms with E-state index in [-0.39, 0.29) is 27.4 Å². The van der Waals surface area contributed by atoms with Crippen LogP contribution in [0.3, 0.4) is 0 Å². The highest BCUT2D eigenvalue weighted by atomic mass is 35.5. The summed E-state index contributed by atoms with van der Waals surface area (Å²) in [7, 11) is -0.999. The van der Waals surface area contributed by atoms with Gasteiger partial charge in [-0.1, -0.05) is 23.2 Å². The SMILES string of the molecule is COC(=O)[C@H](C)Oc1cc(Oc2c(/C=C/S(N)(=O)=O)c(C)nn2C)c(Cl)cc1Cl. The number of methoxy groups -OCH3 is 1. The van der Waals surface area contributed by atoms with Crippen molar-refractivity contribution < 1.29 is 27.4 Å². The summed E-state index contributed by atoms with van der Waals surface area (Å²) in [5.41, 5.74) is 0.890. The maximum atomic E-state index is 11.6. The Labute approximate surface area is 178 Å². The number of aromatic nitrogens is 2. The molecule has 0 amide bonds. The highest BCUT2D eigenvalue weighted by Gasteiger charge is 2.20. The third-order valence-electron chi connectivity index (χ3n) is 3.67. The van der Waals surface area contributed by atoms with Crippen LogP contribution in [0, 0.1) is 6.92 Å². The number of ether oxygens (including phenoxy) is 3. The Bertz CT molecular complexity index is 1070. The van der Waals surface area contributed by atoms with E-state index in [1.807, 2.05) is 0 Å². The number of nitrogens with zero attached hydrogens (tertiary/aromatic N) is 2. The Kier molecular flexibility index (Phi) is 7.17. The van der Waals surface area contributed by atoms with E-state index in [2.05, 4.69) is 9.84 Å². The van der Waals surface area contributed by atoms with Gasteiger partial charge in [0.1, 0.15) is 5.75 Å². The first-order valence-electron chi connectivity index (χ1n) is 8.08. The molecule has 2 aromatic rings. The van der Waals surface area contributed by atoms with Gasteiger partial charge in [0.05, 0.1) is 28.4 Å². The zero-order valence-corrected chi connectivity index (χ0v) is 18.3. The monoisotopic (exact) mass is 463 g/mol. The number of carbonyl (C=O) groups is 1. The van der Waals surface area contributed by atoms with Gasteiger partial charge in [0, 0.05) is 18.5 Å². The lowest BCUT2D eigenvalue weighted by atomic mass is 10.2. The number of hydrogen-bond donors (Lipinski definition) is 1. The predicted molar refractivity (Wildman–Crippen MR) is 109 cm³/mol. The normalized spacial score (nSPS) is 12.8. The van der Waals surface area contributed by atoms with Crippen LogP contribution in [0.1, 0.15) is 18.2 Å². The van der Waals surface area contributed by atoms with E-state index in [9.17, 15) is 13.2 Å². The summed E-state index contributed by atoms with van der Waals surface area (Å²) in [6.07, 6.45) is 0.354. The third kappa shape index (κ3) is 5.86. The molecule has 29 heavy (non-hydrogen) atoms. The summed E-state index contributed by atoms with van der Waals surface area (Å²) >= 11 is 12.4. The molecule has 0 bridgehead atoms. The van der Waals surface area contributed by atoms with Crippen LogP contribution in [0.15, 0.2) is 17.5 Å². The molecule has 1 aromatic carbocycles. The molecule has 0 saturated heterocycles. The maximum Gasteiger partial charge on any atom is 0.346 e. The fourth-order valence-corrected chi connectivity index (χ4v) is 3.11. The number of hydrogen-bond acceptors (Lipinski definition) is 7. The van der Waals surface area contributed by atoms with Gasteiger partial charge in [-0.25, -0.2) is 23.0 Å². The van der Waals surface area contributed by atoms with Gasteiger partial charge in [-0.15, -0.1) is 0 Å². The highest BCUT2D eigenvalue weighted by Crippen LogP contribution is 2.39. The van der Waals surface area contributed by atoms with Crippen molar-refractivity contribution in [3.8, 4) is 17.4 Å². The minimum Gasteiger partial charge on any atom is -0.477 e. The minimum absolute atomic E-state index is 0.143. The smallest absolute Gasteiger partial charge is 0.346 e. The maximum absolute atomic E-state index is 11.6. The van der Waals surface area contributed by atoms with Crippen molar-refractivity contribution >= 4 is 45.3 Å². The van der Waals surface area contributed by atoms with Crippen LogP contribution in [0.4, 0.5) is 0 Å². The van der Waals surface area contributed by atoms with E-state index in [1.54, 1.807) is 14.0 Å². The molecular formula is C17H19Cl2N3O6S. The molecule has 0 saturated carbocycles. The molecule has 2 N–H and O–H groups in total. The summed E-state index contributed by atoms with van der Waals surface area (Å²) < 4.78 is 39.9. The molecule has 9 nitrogen and oxygen atoms in total. The van der Waals surface area contributed by atoms with Crippen molar-refractivity contribution in [2.75, 3.05) is 7.11 Å². The molecule has 1 heterocycles. The van der Waals surface area contributed by atoms with Gasteiger partial charge < -0.3 is 14.2 Å². The van der Waals surface area contributed by atoms with Crippen molar-refractivity contribution in [3.63, 3.8) is 0 Å². The van der Waals surface area contributed by atoms with Crippen molar-refractivity contribution in [3.05, 3.63) is 38.8 Å². The second kappa shape index (κ2) is 9.04. The first-order chi connectivity index (χ1) is 13.4. The number of esters is 1. The van der Waals surface area contributed by atoms with E-state index in [0.29, 0.717) is 11.3 Å². The number of sulfonamides is 1. The summed E-state index contributed by atoms with van der Waals surface area (Å²) in [5, 5.41) is 10.4. The average Bonchev–Trinajstić information content (AvgIpc) is 2.88. The van der Waals surface area contributed by atoms with Gasteiger partial charge in [0.25, 0.3) is 0 Å². The molecule has 1 atom stereocenters. The number of rotatable bonds is 7. The van der Waals surface area contributed by atoms with Crippen LogP contribution >= 0.6 is 23.2 Å². The van der Waals surface area contributed by atoms with Crippen molar-refractivity contribution in [1.82, 2.24) is 9.78 Å². The van der Waals surface area contributed by atoms with Crippen LogP contribution in [-0.4, -0.2) is 37.4 Å². The Balaban J connectivity index is 2.44. The van der Waals surface area contributed by atoms with E-state index >= 15 is 0 Å². The van der Waals surface area contributed by atoms with Crippen LogP contribution in [0.5, 0.6) is 17.4 Å². The van der Waals surface area contributed by atoms with Crippen LogP contribution < -0.4 is 14.6 Å². The second-order valence-electron chi connectivity index (χ2n) is 5.92. The summed E-state index contributed by atoms with van der Waals surface area (Å²) in [4.78, 5) is 11.6. The molecule has 0 unspecified atom stereocenters. The quantitative estimate of drug-likeness (QED) is 0.625. The van der Waals surface area contributed by atoms with Gasteiger partial charge in [0.2, 0.25) is 15.9 Å². The fourth-order valence-electron chi connectivity index (χ4n) is 2.32. The van der Waals surface area contributed by atoms with Crippen LogP contribution in [0.25, 0.3) is 6.08 Å². The molecule has 0 fully saturated rings. The summed E-state index contributed by atoms with van der Waals surface area (Å²) in [5.74, 6) is -0.0874. The Morgan fingerprint density at radius 2 is 1.90 bits per heavy atom. The molecule has 0 spiro atoms. The lowest BCUT2D eigenvalue weighted by Gasteiger charge is -2.16. The van der Waals surface area contributed by atoms with Crippen molar-refractivity contribution in [2.24, 2.45) is 12.2 Å². The van der Waals surface area contributed by atoms with Crippen LogP contribution in [-0.2, 0) is 26.6 Å². The number of primary sulfonamides is 1. The van der Waals surface area contributed by atoms with E-state index in [1.165, 1.54) is 36.9 Å². The minimum atomic E-state index is -3.84. The summed E-state index contributed by atoms with van der Waals surface area (Å²) in [6.45, 7) is 3.17. The molecular weight excluding hydrogens is 445 g/mol. The second-order valence-corrected chi connectivity index (χ2v) is 8.18. The zero-order valence-electron chi connectivity index (χ0n) is 16.0. The van der Waals surface area contributed by atoms with Crippen molar-refractivity contribution in [1.29, 1.82) is 0 Å². The Morgan fingerprint density at radius 3 is 2.48 bits per heavy atom. The van der Waals surface area contributed by atoms with Gasteiger partial charge in [-0.2, -0.15) is 5.10 Å². The number of carbonyl (C=O) groups excluding carboxylic acids is 1. The number of aryl methyl sites for hydroxylation is 2. The van der Waals surface area contributed by atoms with Gasteiger partial charge in [0.15, 0.2) is 11.9 Å². The summed E-state index contributed by atoms with van der Waals surface area (Å²) in [6, 6.07) is 2.79. The average molecular weight is 464 g/mol. The largest absolute Gasteiger partial charge is 0.477 e. The van der Waals surface area contributed by atoms with Gasteiger partial charge in [-0.3, -0.25) is 0 Å². The Hall–Kier alpha value is -2.27. The number of halogens is 2. The zero-order chi connectivity index (χ0) is 21.9. The molecule has 0 aliphatic carbocycles. The molecule has 158 valence electrons. The molecule has 0 aliphatic rings. The van der Waals surface area contributed by atoms with Crippen molar-refractivity contribution in [2.45, 2.75) is 20.0 Å². The fraction of sp³-hybridized carbons (Fsp3) is 0.294. The molecule has 0 radical (unpaired) electrons. The standard InChI is InChI=1S/C17H19Cl2N3O6S/c1-9-11(5-6-29(20,24)25)16(22(3)21-9)28-15-8-14(12(18)7-13(15)19)27-10(2)17(23)26-4/h5-8,10H,1-4H3,(H2,20,24,25)/b6-5+/t10-/m0/s1. The first-order valence-corrected chi connectivity index (χ1v) is 10.4. The topological polar surface area (TPSA) is 123 Å². The molecule has 1 aromatic heterocycles. The molecule has 2 rings (SSSR count). The van der Waals surface area contributed by atoms with E-state index in [0.717, 1.165) is 5.41 Å². The number of nitrogens with two attached hydrogens (primary N) is 1. The lowest BCUT2D eigenvalue weighted by molar-refractivity contribution is -0.147. The van der Waals surface area contributed by atoms with Crippen LogP contribution in [0.2, 0.25) is 10.0 Å². The third-order valence-corrected chi connectivity index (χ3v) is 4.77. The predicted octanol–water partition coefficient (Wildman–Crippen LogP) is 3.03.